The van der Waals surface area contributed by atoms with Crippen molar-refractivity contribution in [3.63, 3.8) is 0 Å². The number of rotatable bonds is 5. The second-order valence-electron chi connectivity index (χ2n) is 6.71. The minimum atomic E-state index is -6.31. The van der Waals surface area contributed by atoms with Crippen LogP contribution in [0.25, 0.3) is 0 Å². The number of halogens is 8. The number of carbonyl (C=O) groups excluding carboxylic acids is 1. The molecule has 0 unspecified atom stereocenters. The fraction of sp³-hybridized carbons (Fsp3) is 0.316. The Bertz CT molecular complexity index is 1050. The van der Waals surface area contributed by atoms with Gasteiger partial charge >= 0.3 is 23.7 Å². The van der Waals surface area contributed by atoms with Gasteiger partial charge in [0.05, 0.1) is 4.92 Å². The zero-order chi connectivity index (χ0) is 24.6. The Morgan fingerprint density at radius 2 is 1.59 bits per heavy atom. The van der Waals surface area contributed by atoms with Crippen molar-refractivity contribution in [3.8, 4) is 0 Å². The number of nitrogens with zero attached hydrogens (tertiary/aromatic N) is 1. The minimum Gasteiger partial charge on any atom is -0.321 e. The summed E-state index contributed by atoms with van der Waals surface area (Å²) in [7, 11) is 0. The first-order valence-electron chi connectivity index (χ1n) is 8.76. The van der Waals surface area contributed by atoms with Gasteiger partial charge in [0.2, 0.25) is 5.82 Å². The maximum atomic E-state index is 14.4. The van der Waals surface area contributed by atoms with E-state index in [4.69, 9.17) is 0 Å². The fourth-order valence-corrected chi connectivity index (χ4v) is 2.98. The molecule has 0 saturated heterocycles. The topological polar surface area (TPSA) is 72.2 Å². The first-order valence-corrected chi connectivity index (χ1v) is 8.76. The molecule has 0 fully saturated rings. The summed E-state index contributed by atoms with van der Waals surface area (Å²) in [6.45, 7) is 2.40. The number of alkyl halides is 7. The lowest BCUT2D eigenvalue weighted by molar-refractivity contribution is -0.387. The molecule has 0 radical (unpaired) electrons. The summed E-state index contributed by atoms with van der Waals surface area (Å²) in [6, 6.07) is 2.81. The molecule has 0 aromatic heterocycles. The number of amides is 1. The van der Waals surface area contributed by atoms with Crippen LogP contribution >= 0.6 is 0 Å². The highest BCUT2D eigenvalue weighted by atomic mass is 19.4. The predicted octanol–water partition coefficient (Wildman–Crippen LogP) is 6.15. The lowest BCUT2D eigenvalue weighted by Gasteiger charge is -2.31. The van der Waals surface area contributed by atoms with E-state index in [0.29, 0.717) is 24.3 Å². The Morgan fingerprint density at radius 3 is 2.06 bits per heavy atom. The van der Waals surface area contributed by atoms with E-state index in [0.717, 1.165) is 13.0 Å². The molecule has 0 saturated carbocycles. The summed E-state index contributed by atoms with van der Waals surface area (Å²) in [4.78, 5) is 22.2. The summed E-state index contributed by atoms with van der Waals surface area (Å²) in [5, 5.41) is 13.0. The maximum Gasteiger partial charge on any atom is 0.435 e. The van der Waals surface area contributed by atoms with Crippen LogP contribution in [-0.2, 0) is 12.1 Å². The van der Waals surface area contributed by atoms with E-state index in [-0.39, 0.29) is 23.2 Å². The standard InChI is InChI=1S/C19H14F8N2O3/c1-3-10-7-12(17(21,18(22,23)24)19(25,26)27)6-9(2)15(10)28-16(30)11-4-5-13(20)14(8-11)29(31)32/h4-8H,3H2,1-2H3,(H,28,30). The first kappa shape index (κ1) is 25.0. The molecule has 13 heteroatoms. The molecule has 0 heterocycles. The predicted molar refractivity (Wildman–Crippen MR) is 96.5 cm³/mol. The number of nitro groups is 1. The molecule has 5 nitrogen and oxygen atoms in total. The van der Waals surface area contributed by atoms with Crippen molar-refractivity contribution in [2.45, 2.75) is 38.3 Å². The van der Waals surface area contributed by atoms with Crippen LogP contribution in [-0.4, -0.2) is 23.2 Å². The van der Waals surface area contributed by atoms with E-state index < -0.39 is 51.5 Å². The highest BCUT2D eigenvalue weighted by Gasteiger charge is 2.73. The van der Waals surface area contributed by atoms with Gasteiger partial charge in [0.25, 0.3) is 5.91 Å². The molecule has 32 heavy (non-hydrogen) atoms. The van der Waals surface area contributed by atoms with Crippen LogP contribution in [0.5, 0.6) is 0 Å². The third-order valence-electron chi connectivity index (χ3n) is 4.62. The Hall–Kier alpha value is -3.25. The molecule has 1 amide bonds. The normalized spacial score (nSPS) is 12.6. The average Bonchev–Trinajstić information content (AvgIpc) is 2.66. The Kier molecular flexibility index (Phi) is 6.53. The molecule has 0 spiro atoms. The SMILES string of the molecule is CCc1cc(C(F)(C(F)(F)F)C(F)(F)F)cc(C)c1NC(=O)c1ccc(F)c([N+](=O)[O-])c1. The van der Waals surface area contributed by atoms with E-state index in [9.17, 15) is 50.0 Å². The Balaban J connectivity index is 2.56. The monoisotopic (exact) mass is 470 g/mol. The van der Waals surface area contributed by atoms with Gasteiger partial charge in [-0.1, -0.05) is 13.0 Å². The van der Waals surface area contributed by atoms with Gasteiger partial charge in [-0.25, -0.2) is 4.39 Å². The van der Waals surface area contributed by atoms with Crippen molar-refractivity contribution in [3.05, 3.63) is 68.5 Å². The molecule has 174 valence electrons. The number of anilines is 1. The van der Waals surface area contributed by atoms with Gasteiger partial charge in [-0.05, 0) is 42.7 Å². The molecular weight excluding hydrogens is 456 g/mol. The van der Waals surface area contributed by atoms with Gasteiger partial charge in [-0.3, -0.25) is 14.9 Å². The molecule has 0 aliphatic carbocycles. The third-order valence-corrected chi connectivity index (χ3v) is 4.62. The van der Waals surface area contributed by atoms with Crippen molar-refractivity contribution < 1.29 is 44.8 Å². The third kappa shape index (κ3) is 4.36. The van der Waals surface area contributed by atoms with Crippen molar-refractivity contribution in [1.29, 1.82) is 0 Å². The van der Waals surface area contributed by atoms with Gasteiger partial charge < -0.3 is 5.32 Å². The van der Waals surface area contributed by atoms with Crippen LogP contribution in [0.2, 0.25) is 0 Å². The van der Waals surface area contributed by atoms with Crippen LogP contribution in [0, 0.1) is 22.9 Å². The molecular formula is C19H14F8N2O3. The number of benzene rings is 2. The number of nitro benzene ring substituents is 1. The molecule has 0 aliphatic heterocycles. The van der Waals surface area contributed by atoms with E-state index in [1.165, 1.54) is 6.92 Å². The second kappa shape index (κ2) is 8.36. The minimum absolute atomic E-state index is 0.195. The van der Waals surface area contributed by atoms with E-state index in [1.54, 1.807) is 0 Å². The van der Waals surface area contributed by atoms with Crippen LogP contribution in [0.1, 0.15) is 34.0 Å². The largest absolute Gasteiger partial charge is 0.435 e. The van der Waals surface area contributed by atoms with Crippen molar-refractivity contribution in [1.82, 2.24) is 0 Å². The fourth-order valence-electron chi connectivity index (χ4n) is 2.98. The molecule has 2 aromatic rings. The number of carbonyl (C=O) groups is 1. The summed E-state index contributed by atoms with van der Waals surface area (Å²) in [6.07, 6.45) is -12.8. The average molecular weight is 470 g/mol. The molecule has 1 N–H and O–H groups in total. The number of hydrogen-bond donors (Lipinski definition) is 1. The molecule has 2 rings (SSSR count). The van der Waals surface area contributed by atoms with Crippen molar-refractivity contribution in [2.24, 2.45) is 0 Å². The smallest absolute Gasteiger partial charge is 0.321 e. The van der Waals surface area contributed by atoms with Crippen molar-refractivity contribution >= 4 is 17.3 Å². The Morgan fingerprint density at radius 1 is 1.03 bits per heavy atom. The van der Waals surface area contributed by atoms with Crippen LogP contribution in [0.3, 0.4) is 0 Å². The number of aryl methyl sites for hydroxylation is 2. The summed E-state index contributed by atoms with van der Waals surface area (Å²) < 4.78 is 106. The van der Waals surface area contributed by atoms with Gasteiger partial charge in [-0.2, -0.15) is 30.7 Å². The van der Waals surface area contributed by atoms with Gasteiger partial charge in [0, 0.05) is 22.9 Å². The quantitative estimate of drug-likeness (QED) is 0.324. The zero-order valence-corrected chi connectivity index (χ0v) is 16.3. The van der Waals surface area contributed by atoms with Gasteiger partial charge in [0.15, 0.2) is 0 Å². The van der Waals surface area contributed by atoms with E-state index in [2.05, 4.69) is 5.32 Å². The lowest BCUT2D eigenvalue weighted by Crippen LogP contribution is -2.50. The highest BCUT2D eigenvalue weighted by Crippen LogP contribution is 2.53. The van der Waals surface area contributed by atoms with E-state index in [1.807, 2.05) is 0 Å². The lowest BCUT2D eigenvalue weighted by atomic mass is 9.89. The highest BCUT2D eigenvalue weighted by molar-refractivity contribution is 6.05. The summed E-state index contributed by atoms with van der Waals surface area (Å²) in [5.41, 5.74) is -9.54. The van der Waals surface area contributed by atoms with Crippen LogP contribution in [0.15, 0.2) is 30.3 Å². The van der Waals surface area contributed by atoms with Gasteiger partial charge in [-0.15, -0.1) is 0 Å². The molecule has 2 aromatic carbocycles. The Labute approximate surface area is 175 Å². The molecule has 0 bridgehead atoms. The molecule has 0 atom stereocenters. The summed E-state index contributed by atoms with van der Waals surface area (Å²) >= 11 is 0. The van der Waals surface area contributed by atoms with Gasteiger partial charge in [0.1, 0.15) is 0 Å². The van der Waals surface area contributed by atoms with Crippen molar-refractivity contribution in [2.75, 3.05) is 5.32 Å². The van der Waals surface area contributed by atoms with Crippen LogP contribution < -0.4 is 5.32 Å². The number of hydrogen-bond acceptors (Lipinski definition) is 3. The number of nitrogens with one attached hydrogen (secondary N) is 1. The van der Waals surface area contributed by atoms with Crippen LogP contribution in [0.4, 0.5) is 46.5 Å². The first-order chi connectivity index (χ1) is 14.5. The summed E-state index contributed by atoms with van der Waals surface area (Å²) in [5.74, 6) is -2.27. The zero-order valence-electron chi connectivity index (χ0n) is 16.3. The second-order valence-corrected chi connectivity index (χ2v) is 6.71. The maximum absolute atomic E-state index is 14.4. The van der Waals surface area contributed by atoms with E-state index >= 15 is 0 Å². The molecule has 0 aliphatic rings.